The van der Waals surface area contributed by atoms with Gasteiger partial charge in [-0.05, 0) is 19.1 Å². The minimum Gasteiger partial charge on any atom is -0.397 e. The minimum absolute atomic E-state index is 0.149. The number of imide groups is 1. The summed E-state index contributed by atoms with van der Waals surface area (Å²) in [7, 11) is 0. The number of alkyl halides is 1. The van der Waals surface area contributed by atoms with Crippen molar-refractivity contribution in [3.05, 3.63) is 48.0 Å². The average molecular weight is 309 g/mol. The van der Waals surface area contributed by atoms with Crippen LogP contribution in [0.5, 0.6) is 0 Å². The molecule has 0 saturated heterocycles. The summed E-state index contributed by atoms with van der Waals surface area (Å²) < 4.78 is 13.9. The van der Waals surface area contributed by atoms with Gasteiger partial charge in [-0.15, -0.1) is 6.58 Å². The molecule has 1 aromatic carbocycles. The molecule has 0 bridgehead atoms. The first-order valence-corrected chi connectivity index (χ1v) is 6.98. The fraction of sp³-hybridized carbons (Fsp3) is 0.375. The summed E-state index contributed by atoms with van der Waals surface area (Å²) in [6.45, 7) is 5.05. The Morgan fingerprint density at radius 1 is 1.23 bits per heavy atom. The van der Waals surface area contributed by atoms with Gasteiger partial charge < -0.3 is 10.2 Å². The standard InChI is InChI=1S/C14H14FNO3.C2H6O/c1-2-12(11(15)7-8-17)16-13(18)9-5-3-4-6-10(9)14(16)19;1-2-3/h2-6,11-12,17H,1,7-8H2;3H,2H2,1H3. The number of benzene rings is 1. The first-order chi connectivity index (χ1) is 10.5. The van der Waals surface area contributed by atoms with E-state index in [-0.39, 0.29) is 30.8 Å². The zero-order chi connectivity index (χ0) is 16.7. The normalized spacial score (nSPS) is 15.7. The maximum Gasteiger partial charge on any atom is 0.262 e. The number of rotatable bonds is 5. The van der Waals surface area contributed by atoms with Gasteiger partial charge in [0.2, 0.25) is 0 Å². The number of carbonyl (C=O) groups is 2. The lowest BCUT2D eigenvalue weighted by molar-refractivity contribution is 0.0521. The van der Waals surface area contributed by atoms with E-state index < -0.39 is 24.0 Å². The predicted molar refractivity (Wildman–Crippen MR) is 80.3 cm³/mol. The zero-order valence-electron chi connectivity index (χ0n) is 12.4. The highest BCUT2D eigenvalue weighted by atomic mass is 19.1. The molecule has 0 fully saturated rings. The first-order valence-electron chi connectivity index (χ1n) is 6.98. The lowest BCUT2D eigenvalue weighted by Gasteiger charge is -2.25. The molecule has 2 unspecified atom stereocenters. The van der Waals surface area contributed by atoms with Crippen molar-refractivity contribution in [2.24, 2.45) is 0 Å². The lowest BCUT2D eigenvalue weighted by atomic mass is 10.1. The van der Waals surface area contributed by atoms with E-state index in [1.807, 2.05) is 0 Å². The van der Waals surface area contributed by atoms with E-state index in [0.717, 1.165) is 4.90 Å². The number of halogens is 1. The molecule has 6 heteroatoms. The minimum atomic E-state index is -1.52. The Kier molecular flexibility index (Phi) is 6.88. The molecule has 120 valence electrons. The van der Waals surface area contributed by atoms with Crippen molar-refractivity contribution in [2.45, 2.75) is 25.6 Å². The average Bonchev–Trinajstić information content (AvgIpc) is 2.75. The SMILES string of the molecule is C=CC(C(F)CCO)N1C(=O)c2ccccc2C1=O.CCO. The number of amides is 2. The van der Waals surface area contributed by atoms with Gasteiger partial charge in [0.15, 0.2) is 0 Å². The highest BCUT2D eigenvalue weighted by molar-refractivity contribution is 6.21. The number of fused-ring (bicyclic) bond motifs is 1. The van der Waals surface area contributed by atoms with Crippen LogP contribution in [0.3, 0.4) is 0 Å². The van der Waals surface area contributed by atoms with Crippen molar-refractivity contribution in [2.75, 3.05) is 13.2 Å². The predicted octanol–water partition coefficient (Wildman–Crippen LogP) is 1.56. The Morgan fingerprint density at radius 3 is 2.05 bits per heavy atom. The van der Waals surface area contributed by atoms with Crippen molar-refractivity contribution in [3.63, 3.8) is 0 Å². The van der Waals surface area contributed by atoms with E-state index in [4.69, 9.17) is 10.2 Å². The van der Waals surface area contributed by atoms with Gasteiger partial charge in [0.25, 0.3) is 11.8 Å². The van der Waals surface area contributed by atoms with Crippen LogP contribution in [-0.4, -0.2) is 52.4 Å². The second-order valence-corrected chi connectivity index (χ2v) is 4.60. The van der Waals surface area contributed by atoms with Gasteiger partial charge in [-0.25, -0.2) is 4.39 Å². The Labute approximate surface area is 128 Å². The van der Waals surface area contributed by atoms with E-state index in [9.17, 15) is 14.0 Å². The van der Waals surface area contributed by atoms with Gasteiger partial charge in [-0.2, -0.15) is 0 Å². The largest absolute Gasteiger partial charge is 0.397 e. The number of hydrogen-bond acceptors (Lipinski definition) is 4. The molecule has 0 saturated carbocycles. The Balaban J connectivity index is 0.000000745. The summed E-state index contributed by atoms with van der Waals surface area (Å²) in [5.74, 6) is -1.04. The molecule has 0 aromatic heterocycles. The molecule has 0 aliphatic carbocycles. The summed E-state index contributed by atoms with van der Waals surface area (Å²) in [6, 6.07) is 5.32. The molecule has 2 atom stereocenters. The van der Waals surface area contributed by atoms with Crippen LogP contribution in [0.15, 0.2) is 36.9 Å². The highest BCUT2D eigenvalue weighted by Gasteiger charge is 2.41. The number of nitrogens with zero attached hydrogens (tertiary/aromatic N) is 1. The molecular formula is C16H20FNO4. The van der Waals surface area contributed by atoms with Crippen molar-refractivity contribution in [3.8, 4) is 0 Å². The van der Waals surface area contributed by atoms with E-state index in [0.29, 0.717) is 0 Å². The summed E-state index contributed by atoms with van der Waals surface area (Å²) in [5, 5.41) is 16.3. The van der Waals surface area contributed by atoms with Crippen LogP contribution < -0.4 is 0 Å². The molecule has 2 N–H and O–H groups in total. The number of aliphatic hydroxyl groups excluding tert-OH is 2. The molecule has 2 rings (SSSR count). The molecule has 0 spiro atoms. The second kappa shape index (κ2) is 8.41. The summed E-state index contributed by atoms with van der Waals surface area (Å²) in [4.78, 5) is 25.2. The molecule has 22 heavy (non-hydrogen) atoms. The third-order valence-electron chi connectivity index (χ3n) is 3.14. The smallest absolute Gasteiger partial charge is 0.262 e. The van der Waals surface area contributed by atoms with Gasteiger partial charge in [-0.1, -0.05) is 18.2 Å². The van der Waals surface area contributed by atoms with Crippen molar-refractivity contribution < 1.29 is 24.2 Å². The molecule has 1 aromatic rings. The van der Waals surface area contributed by atoms with Crippen LogP contribution in [0.2, 0.25) is 0 Å². The zero-order valence-corrected chi connectivity index (χ0v) is 12.4. The maximum absolute atomic E-state index is 13.9. The van der Waals surface area contributed by atoms with E-state index in [1.165, 1.54) is 18.2 Å². The molecule has 1 aliphatic heterocycles. The molecule has 0 radical (unpaired) electrons. The third kappa shape index (κ3) is 3.58. The molecule has 1 aliphatic rings. The maximum atomic E-state index is 13.9. The number of carbonyl (C=O) groups excluding carboxylic acids is 2. The Hall–Kier alpha value is -2.05. The first kappa shape index (κ1) is 18.0. The fourth-order valence-electron chi connectivity index (χ4n) is 2.19. The van der Waals surface area contributed by atoms with Crippen LogP contribution >= 0.6 is 0 Å². The van der Waals surface area contributed by atoms with Crippen LogP contribution in [-0.2, 0) is 0 Å². The summed E-state index contributed by atoms with van der Waals surface area (Å²) >= 11 is 0. The van der Waals surface area contributed by atoms with Gasteiger partial charge in [0.05, 0.1) is 17.2 Å². The fourth-order valence-corrected chi connectivity index (χ4v) is 2.19. The van der Waals surface area contributed by atoms with Crippen LogP contribution in [0.4, 0.5) is 4.39 Å². The number of aliphatic hydroxyl groups is 2. The second-order valence-electron chi connectivity index (χ2n) is 4.60. The Morgan fingerprint density at radius 2 is 1.68 bits per heavy atom. The van der Waals surface area contributed by atoms with Crippen molar-refractivity contribution in [1.29, 1.82) is 0 Å². The molecule has 1 heterocycles. The van der Waals surface area contributed by atoms with Crippen LogP contribution in [0.1, 0.15) is 34.1 Å². The monoisotopic (exact) mass is 309 g/mol. The topological polar surface area (TPSA) is 77.8 Å². The molecule has 5 nitrogen and oxygen atoms in total. The van der Waals surface area contributed by atoms with Crippen LogP contribution in [0, 0.1) is 0 Å². The summed E-state index contributed by atoms with van der Waals surface area (Å²) in [6.07, 6.45) is -0.448. The summed E-state index contributed by atoms with van der Waals surface area (Å²) in [5.41, 5.74) is 0.547. The number of hydrogen-bond donors (Lipinski definition) is 2. The quantitative estimate of drug-likeness (QED) is 0.639. The van der Waals surface area contributed by atoms with Gasteiger partial charge in [0.1, 0.15) is 6.17 Å². The van der Waals surface area contributed by atoms with E-state index in [2.05, 4.69) is 6.58 Å². The lowest BCUT2D eigenvalue weighted by Crippen LogP contribution is -2.44. The Bertz CT molecular complexity index is 512. The van der Waals surface area contributed by atoms with Crippen LogP contribution in [0.25, 0.3) is 0 Å². The van der Waals surface area contributed by atoms with Gasteiger partial charge in [0, 0.05) is 19.6 Å². The highest BCUT2D eigenvalue weighted by Crippen LogP contribution is 2.27. The molecule has 2 amide bonds. The van der Waals surface area contributed by atoms with Crippen molar-refractivity contribution >= 4 is 11.8 Å². The van der Waals surface area contributed by atoms with E-state index >= 15 is 0 Å². The van der Waals surface area contributed by atoms with Gasteiger partial charge >= 0.3 is 0 Å². The van der Waals surface area contributed by atoms with Gasteiger partial charge in [-0.3, -0.25) is 14.5 Å². The van der Waals surface area contributed by atoms with E-state index in [1.54, 1.807) is 19.1 Å². The van der Waals surface area contributed by atoms with Crippen molar-refractivity contribution in [1.82, 2.24) is 4.90 Å². The third-order valence-corrected chi connectivity index (χ3v) is 3.14. The molecular weight excluding hydrogens is 289 g/mol.